The quantitative estimate of drug-likeness (QED) is 0.673. The minimum Gasteiger partial charge on any atom is -0.493 e. The van der Waals surface area contributed by atoms with Crippen molar-refractivity contribution in [3.05, 3.63) is 59.0 Å². The number of aromatic amines is 1. The maximum atomic E-state index is 13.6. The number of ether oxygens (including phenoxy) is 2. The van der Waals surface area contributed by atoms with E-state index in [1.807, 2.05) is 25.1 Å². The Morgan fingerprint density at radius 1 is 1.11 bits per heavy atom. The molecule has 3 aromatic rings. The van der Waals surface area contributed by atoms with Crippen LogP contribution in [0.5, 0.6) is 11.5 Å². The molecule has 0 radical (unpaired) electrons. The summed E-state index contributed by atoms with van der Waals surface area (Å²) in [5, 5.41) is 0.763. The van der Waals surface area contributed by atoms with Crippen LogP contribution in [0, 0.1) is 12.7 Å². The third-order valence-electron chi connectivity index (χ3n) is 5.02. The number of methoxy groups -OCH3 is 2. The van der Waals surface area contributed by atoms with Gasteiger partial charge in [0.15, 0.2) is 11.5 Å². The lowest BCUT2D eigenvalue weighted by molar-refractivity contribution is -0.129. The summed E-state index contributed by atoms with van der Waals surface area (Å²) in [6.07, 6.45) is 0.932. The molecule has 0 fully saturated rings. The standard InChI is InChI=1S/C22H25FN2O3/c1-14-17(18-12-16(23)6-7-19(18)24-14)13-22(26)25(2)10-9-15-5-8-20(27-3)21(11-15)28-4/h5-8,11-12,24H,9-10,13H2,1-4H3. The van der Waals surface area contributed by atoms with Gasteiger partial charge in [-0.3, -0.25) is 4.79 Å². The van der Waals surface area contributed by atoms with Crippen LogP contribution < -0.4 is 9.47 Å². The van der Waals surface area contributed by atoms with Crippen LogP contribution in [0.2, 0.25) is 0 Å². The van der Waals surface area contributed by atoms with Gasteiger partial charge in [-0.25, -0.2) is 4.39 Å². The number of H-pyrrole nitrogens is 1. The van der Waals surface area contributed by atoms with Gasteiger partial charge in [0.2, 0.25) is 5.91 Å². The minimum atomic E-state index is -0.304. The first-order valence-corrected chi connectivity index (χ1v) is 9.14. The SMILES string of the molecule is COc1ccc(CCN(C)C(=O)Cc2c(C)[nH]c3ccc(F)cc23)cc1OC. The Hall–Kier alpha value is -3.02. The van der Waals surface area contributed by atoms with Crippen molar-refractivity contribution in [3.8, 4) is 11.5 Å². The molecule has 1 heterocycles. The molecule has 0 aliphatic heterocycles. The fourth-order valence-corrected chi connectivity index (χ4v) is 3.33. The third kappa shape index (κ3) is 4.11. The van der Waals surface area contributed by atoms with E-state index in [-0.39, 0.29) is 18.1 Å². The molecule has 1 amide bonds. The van der Waals surface area contributed by atoms with Crippen LogP contribution >= 0.6 is 0 Å². The van der Waals surface area contributed by atoms with E-state index in [9.17, 15) is 9.18 Å². The summed E-state index contributed by atoms with van der Waals surface area (Å²) in [4.78, 5) is 17.6. The summed E-state index contributed by atoms with van der Waals surface area (Å²) < 4.78 is 24.2. The molecule has 0 saturated heterocycles. The molecule has 0 bridgehead atoms. The zero-order valence-corrected chi connectivity index (χ0v) is 16.6. The lowest BCUT2D eigenvalue weighted by atomic mass is 10.1. The van der Waals surface area contributed by atoms with Crippen molar-refractivity contribution in [2.45, 2.75) is 19.8 Å². The lowest BCUT2D eigenvalue weighted by Gasteiger charge is -2.18. The Bertz CT molecular complexity index is 997. The number of hydrogen-bond acceptors (Lipinski definition) is 3. The van der Waals surface area contributed by atoms with E-state index < -0.39 is 0 Å². The highest BCUT2D eigenvalue weighted by Crippen LogP contribution is 2.28. The summed E-state index contributed by atoms with van der Waals surface area (Å²) in [5.74, 6) is 1.04. The molecule has 0 spiro atoms. The van der Waals surface area contributed by atoms with Crippen LogP contribution in [0.15, 0.2) is 36.4 Å². The molecule has 2 aromatic carbocycles. The second-order valence-electron chi connectivity index (χ2n) is 6.85. The van der Waals surface area contributed by atoms with E-state index in [1.165, 1.54) is 12.1 Å². The summed E-state index contributed by atoms with van der Waals surface area (Å²) in [5.41, 5.74) is 3.64. The van der Waals surface area contributed by atoms with E-state index in [2.05, 4.69) is 4.98 Å². The number of halogens is 1. The van der Waals surface area contributed by atoms with Gasteiger partial charge in [0.05, 0.1) is 20.6 Å². The zero-order chi connectivity index (χ0) is 20.3. The van der Waals surface area contributed by atoms with Crippen LogP contribution in [0.3, 0.4) is 0 Å². The Balaban J connectivity index is 1.67. The monoisotopic (exact) mass is 384 g/mol. The summed E-state index contributed by atoms with van der Waals surface area (Å²) >= 11 is 0. The molecular weight excluding hydrogens is 359 g/mol. The number of amides is 1. The molecule has 0 unspecified atom stereocenters. The molecular formula is C22H25FN2O3. The number of aryl methyl sites for hydroxylation is 1. The highest BCUT2D eigenvalue weighted by atomic mass is 19.1. The van der Waals surface area contributed by atoms with Crippen LogP contribution in [-0.4, -0.2) is 43.6 Å². The molecule has 148 valence electrons. The van der Waals surface area contributed by atoms with E-state index in [1.54, 1.807) is 32.2 Å². The number of hydrogen-bond donors (Lipinski definition) is 1. The second-order valence-corrected chi connectivity index (χ2v) is 6.85. The lowest BCUT2D eigenvalue weighted by Crippen LogP contribution is -2.30. The van der Waals surface area contributed by atoms with Crippen LogP contribution in [0.4, 0.5) is 4.39 Å². The van der Waals surface area contributed by atoms with Gasteiger partial charge in [0.25, 0.3) is 0 Å². The number of rotatable bonds is 7. The van der Waals surface area contributed by atoms with Crippen molar-refractivity contribution in [3.63, 3.8) is 0 Å². The average molecular weight is 384 g/mol. The number of benzene rings is 2. The summed E-state index contributed by atoms with van der Waals surface area (Å²) in [7, 11) is 4.99. The van der Waals surface area contributed by atoms with Gasteiger partial charge in [-0.1, -0.05) is 6.07 Å². The summed E-state index contributed by atoms with van der Waals surface area (Å²) in [6, 6.07) is 10.3. The Morgan fingerprint density at radius 3 is 2.57 bits per heavy atom. The van der Waals surface area contributed by atoms with Gasteiger partial charge in [-0.05, 0) is 54.8 Å². The number of likely N-dealkylation sites (N-methyl/N-ethyl adjacent to an activating group) is 1. The van der Waals surface area contributed by atoms with Gasteiger partial charge >= 0.3 is 0 Å². The van der Waals surface area contributed by atoms with Gasteiger partial charge < -0.3 is 19.4 Å². The molecule has 6 heteroatoms. The topological polar surface area (TPSA) is 54.6 Å². The average Bonchev–Trinajstić information content (AvgIpc) is 3.00. The minimum absolute atomic E-state index is 0.00580. The summed E-state index contributed by atoms with van der Waals surface area (Å²) in [6.45, 7) is 2.48. The second kappa shape index (κ2) is 8.33. The first-order chi connectivity index (χ1) is 13.4. The molecule has 5 nitrogen and oxygen atoms in total. The third-order valence-corrected chi connectivity index (χ3v) is 5.02. The Kier molecular flexibility index (Phi) is 5.87. The van der Waals surface area contributed by atoms with E-state index in [0.29, 0.717) is 24.5 Å². The van der Waals surface area contributed by atoms with Gasteiger partial charge in [0.1, 0.15) is 5.82 Å². The largest absolute Gasteiger partial charge is 0.493 e. The maximum absolute atomic E-state index is 13.6. The van der Waals surface area contributed by atoms with Gasteiger partial charge in [-0.15, -0.1) is 0 Å². The number of carbonyl (C=O) groups excluding carboxylic acids is 1. The molecule has 0 aliphatic rings. The zero-order valence-electron chi connectivity index (χ0n) is 16.6. The fourth-order valence-electron chi connectivity index (χ4n) is 3.33. The van der Waals surface area contributed by atoms with Crippen molar-refractivity contribution < 1.29 is 18.7 Å². The predicted molar refractivity (Wildman–Crippen MR) is 108 cm³/mol. The molecule has 28 heavy (non-hydrogen) atoms. The number of carbonyl (C=O) groups is 1. The molecule has 0 atom stereocenters. The van der Waals surface area contributed by atoms with Crippen LogP contribution in [-0.2, 0) is 17.6 Å². The Labute approximate surface area is 164 Å². The molecule has 3 rings (SSSR count). The fraction of sp³-hybridized carbons (Fsp3) is 0.318. The van der Waals surface area contributed by atoms with Gasteiger partial charge in [-0.2, -0.15) is 0 Å². The van der Waals surface area contributed by atoms with Crippen LogP contribution in [0.1, 0.15) is 16.8 Å². The van der Waals surface area contributed by atoms with Crippen molar-refractivity contribution in [1.82, 2.24) is 9.88 Å². The molecule has 0 saturated carbocycles. The maximum Gasteiger partial charge on any atom is 0.226 e. The highest BCUT2D eigenvalue weighted by molar-refractivity contribution is 5.90. The van der Waals surface area contributed by atoms with Crippen molar-refractivity contribution in [1.29, 1.82) is 0 Å². The molecule has 1 aromatic heterocycles. The van der Waals surface area contributed by atoms with Crippen molar-refractivity contribution in [2.24, 2.45) is 0 Å². The van der Waals surface area contributed by atoms with Crippen molar-refractivity contribution >= 4 is 16.8 Å². The molecule has 1 N–H and O–H groups in total. The van der Waals surface area contributed by atoms with Crippen LogP contribution in [0.25, 0.3) is 10.9 Å². The van der Waals surface area contributed by atoms with E-state index in [4.69, 9.17) is 9.47 Å². The highest BCUT2D eigenvalue weighted by Gasteiger charge is 2.16. The number of nitrogens with zero attached hydrogens (tertiary/aromatic N) is 1. The normalized spacial score (nSPS) is 10.9. The first kappa shape index (κ1) is 19.7. The van der Waals surface area contributed by atoms with Crippen molar-refractivity contribution in [2.75, 3.05) is 27.8 Å². The Morgan fingerprint density at radius 2 is 1.86 bits per heavy atom. The number of nitrogens with one attached hydrogen (secondary N) is 1. The van der Waals surface area contributed by atoms with Gasteiger partial charge in [0, 0.05) is 30.2 Å². The smallest absolute Gasteiger partial charge is 0.226 e. The van der Waals surface area contributed by atoms with E-state index >= 15 is 0 Å². The molecule has 0 aliphatic carbocycles. The predicted octanol–water partition coefficient (Wildman–Crippen LogP) is 3.88. The van der Waals surface area contributed by atoms with E-state index in [0.717, 1.165) is 27.7 Å². The number of aromatic nitrogens is 1. The number of fused-ring (bicyclic) bond motifs is 1. The first-order valence-electron chi connectivity index (χ1n) is 9.14.